The van der Waals surface area contributed by atoms with Crippen LogP contribution in [0.2, 0.25) is 0 Å². The fourth-order valence-electron chi connectivity index (χ4n) is 2.54. The molecule has 0 spiro atoms. The van der Waals surface area contributed by atoms with Gasteiger partial charge in [-0.05, 0) is 0 Å². The minimum Gasteiger partial charge on any atom is -0.394 e. The number of hydrogen-bond donors (Lipinski definition) is 6. The number of nitrogens with zero attached hydrogens (tertiary/aromatic N) is 1. The number of guanidine groups is 1. The molecule has 144 valence electrons. The number of nitrogens with two attached hydrogens (primary N) is 2. The van der Waals surface area contributed by atoms with Crippen LogP contribution in [0.5, 0.6) is 0 Å². The van der Waals surface area contributed by atoms with Gasteiger partial charge in [-0.2, -0.15) is 4.39 Å². The molecule has 0 radical (unpaired) electrons. The molecule has 12 heteroatoms. The first-order valence-electron chi connectivity index (χ1n) is 7.30. The Bertz CT molecular complexity index is 547. The molecule has 1 saturated heterocycles. The minimum atomic E-state index is -3.53. The van der Waals surface area contributed by atoms with E-state index in [1.54, 1.807) is 0 Å². The zero-order valence-corrected chi connectivity index (χ0v) is 13.6. The number of Topliss-reactive ketones (excluding diaryl/α,β-unsaturated/α-hetero) is 1. The number of ether oxygens (including phenoxy) is 1. The Morgan fingerprint density at radius 3 is 2.32 bits per heavy atom. The quantitative estimate of drug-likeness (QED) is 0.210. The number of amides is 1. The molecule has 0 aliphatic carbocycles. The van der Waals surface area contributed by atoms with Crippen LogP contribution in [0.15, 0.2) is 4.99 Å². The number of alkyl halides is 2. The summed E-state index contributed by atoms with van der Waals surface area (Å²) in [6, 6.07) is -3.36. The normalized spacial score (nSPS) is 34.7. The van der Waals surface area contributed by atoms with Gasteiger partial charge in [0.15, 0.2) is 17.9 Å². The van der Waals surface area contributed by atoms with Gasteiger partial charge < -0.3 is 36.8 Å². The van der Waals surface area contributed by atoms with Crippen LogP contribution >= 0.6 is 0 Å². The van der Waals surface area contributed by atoms with Gasteiger partial charge in [-0.3, -0.25) is 9.59 Å². The van der Waals surface area contributed by atoms with Crippen molar-refractivity contribution in [3.05, 3.63) is 0 Å². The van der Waals surface area contributed by atoms with Crippen molar-refractivity contribution in [1.82, 2.24) is 5.32 Å². The summed E-state index contributed by atoms with van der Waals surface area (Å²) in [6.07, 6.45) is -8.35. The summed E-state index contributed by atoms with van der Waals surface area (Å²) >= 11 is 0. The molecule has 1 aliphatic rings. The molecular weight excluding hydrogens is 346 g/mol. The van der Waals surface area contributed by atoms with Crippen molar-refractivity contribution in [2.45, 2.75) is 56.3 Å². The standard InChI is InChI=1S/C13H22F2N4O6/c1-4(21)13(15)11(14)8(19-12(16)17)7(18-5(2)22)10(25-13)9(24)6(23)3-20/h6-11,20,23-24H,3H2,1-2H3,(H,18,22)(H4,16,17,19)/t6-,7?,8?,9-,10?,11?,13?/m1/s1. The highest BCUT2D eigenvalue weighted by molar-refractivity contribution is 5.85. The number of halogens is 2. The van der Waals surface area contributed by atoms with Crippen LogP contribution in [0.3, 0.4) is 0 Å². The third-order valence-corrected chi connectivity index (χ3v) is 3.75. The van der Waals surface area contributed by atoms with Gasteiger partial charge in [-0.1, -0.05) is 0 Å². The van der Waals surface area contributed by atoms with Gasteiger partial charge in [0.2, 0.25) is 5.91 Å². The number of aliphatic hydroxyl groups excluding tert-OH is 3. The first kappa shape index (κ1) is 21.2. The maximum Gasteiger partial charge on any atom is 0.302 e. The average molecular weight is 368 g/mol. The van der Waals surface area contributed by atoms with Gasteiger partial charge in [0, 0.05) is 13.8 Å². The summed E-state index contributed by atoms with van der Waals surface area (Å²) < 4.78 is 34.2. The number of ketones is 1. The van der Waals surface area contributed by atoms with Crippen LogP contribution < -0.4 is 16.8 Å². The fraction of sp³-hybridized carbons (Fsp3) is 0.769. The van der Waals surface area contributed by atoms with Gasteiger partial charge >= 0.3 is 5.85 Å². The van der Waals surface area contributed by atoms with E-state index in [1.165, 1.54) is 0 Å². The number of nitrogens with one attached hydrogen (secondary N) is 1. The zero-order valence-electron chi connectivity index (χ0n) is 13.6. The van der Waals surface area contributed by atoms with Gasteiger partial charge in [0.25, 0.3) is 0 Å². The number of rotatable bonds is 6. The maximum atomic E-state index is 14.8. The topological polar surface area (TPSA) is 180 Å². The summed E-state index contributed by atoms with van der Waals surface area (Å²) in [7, 11) is 0. The van der Waals surface area contributed by atoms with Gasteiger partial charge in [-0.15, -0.1) is 0 Å². The third-order valence-electron chi connectivity index (χ3n) is 3.75. The van der Waals surface area contributed by atoms with E-state index in [4.69, 9.17) is 21.3 Å². The SMILES string of the molecule is CC(=O)NC1C(N=C(N)N)C(F)C(F)(C(C)=O)OC1[C@H](O)[C@H](O)CO. The molecular formula is C13H22F2N4O6. The predicted molar refractivity (Wildman–Crippen MR) is 80.6 cm³/mol. The minimum absolute atomic E-state index is 0.660. The Morgan fingerprint density at radius 1 is 1.36 bits per heavy atom. The molecule has 8 N–H and O–H groups in total. The van der Waals surface area contributed by atoms with Crippen LogP contribution in [0, 0.1) is 0 Å². The molecule has 5 unspecified atom stereocenters. The molecule has 0 aromatic heterocycles. The van der Waals surface area contributed by atoms with Crippen molar-refractivity contribution in [2.75, 3.05) is 6.61 Å². The highest BCUT2D eigenvalue weighted by Gasteiger charge is 2.61. The molecule has 0 aromatic carbocycles. The summed E-state index contributed by atoms with van der Waals surface area (Å²) in [4.78, 5) is 26.5. The third kappa shape index (κ3) is 4.39. The zero-order chi connectivity index (χ0) is 19.5. The van der Waals surface area contributed by atoms with Gasteiger partial charge in [0.1, 0.15) is 24.4 Å². The van der Waals surface area contributed by atoms with Crippen molar-refractivity contribution in [3.8, 4) is 0 Å². The lowest BCUT2D eigenvalue weighted by atomic mass is 9.85. The molecule has 1 heterocycles. The Kier molecular flexibility index (Phi) is 6.76. The monoisotopic (exact) mass is 368 g/mol. The van der Waals surface area contributed by atoms with Gasteiger partial charge in [-0.25, -0.2) is 9.38 Å². The number of hydrogen-bond acceptors (Lipinski definition) is 7. The van der Waals surface area contributed by atoms with E-state index in [1.807, 2.05) is 0 Å². The molecule has 1 aliphatic heterocycles. The molecule has 0 bridgehead atoms. The number of carbonyl (C=O) groups is 2. The molecule has 10 nitrogen and oxygen atoms in total. The van der Waals surface area contributed by atoms with E-state index >= 15 is 0 Å². The average Bonchev–Trinajstić information content (AvgIpc) is 2.51. The van der Waals surface area contributed by atoms with E-state index in [2.05, 4.69) is 10.3 Å². The van der Waals surface area contributed by atoms with E-state index in [-0.39, 0.29) is 0 Å². The molecule has 0 saturated carbocycles. The summed E-state index contributed by atoms with van der Waals surface area (Å²) in [5, 5.41) is 30.8. The lowest BCUT2D eigenvalue weighted by molar-refractivity contribution is -0.265. The van der Waals surface area contributed by atoms with Crippen LogP contribution in [-0.4, -0.2) is 82.0 Å². The lowest BCUT2D eigenvalue weighted by Crippen LogP contribution is -2.70. The van der Waals surface area contributed by atoms with Crippen LogP contribution in [0.4, 0.5) is 8.78 Å². The van der Waals surface area contributed by atoms with Crippen LogP contribution in [0.25, 0.3) is 0 Å². The number of aliphatic hydroxyl groups is 3. The number of aliphatic imine (C=N–C) groups is 1. The predicted octanol–water partition coefficient (Wildman–Crippen LogP) is -3.16. The highest BCUT2D eigenvalue weighted by atomic mass is 19.2. The lowest BCUT2D eigenvalue weighted by Gasteiger charge is -2.46. The Morgan fingerprint density at radius 2 is 1.92 bits per heavy atom. The molecule has 7 atom stereocenters. The maximum absolute atomic E-state index is 14.8. The van der Waals surface area contributed by atoms with E-state index < -0.39 is 66.7 Å². The van der Waals surface area contributed by atoms with E-state index in [9.17, 15) is 28.6 Å². The van der Waals surface area contributed by atoms with Crippen molar-refractivity contribution in [1.29, 1.82) is 0 Å². The second kappa shape index (κ2) is 7.99. The summed E-state index contributed by atoms with van der Waals surface area (Å²) in [6.45, 7) is 0.816. The summed E-state index contributed by atoms with van der Waals surface area (Å²) in [5.74, 6) is -6.28. The second-order valence-corrected chi connectivity index (χ2v) is 5.70. The van der Waals surface area contributed by atoms with Crippen molar-refractivity contribution in [2.24, 2.45) is 16.5 Å². The van der Waals surface area contributed by atoms with Crippen molar-refractivity contribution < 1.29 is 38.4 Å². The van der Waals surface area contributed by atoms with Crippen molar-refractivity contribution >= 4 is 17.6 Å². The van der Waals surface area contributed by atoms with Crippen molar-refractivity contribution in [3.63, 3.8) is 0 Å². The summed E-state index contributed by atoms with van der Waals surface area (Å²) in [5.41, 5.74) is 10.4. The van der Waals surface area contributed by atoms with Crippen LogP contribution in [-0.2, 0) is 14.3 Å². The number of carbonyl (C=O) groups excluding carboxylic acids is 2. The Hall–Kier alpha value is -1.89. The Balaban J connectivity index is 3.44. The van der Waals surface area contributed by atoms with E-state index in [0.29, 0.717) is 6.92 Å². The Labute approximate surface area is 141 Å². The highest BCUT2D eigenvalue weighted by Crippen LogP contribution is 2.37. The largest absolute Gasteiger partial charge is 0.394 e. The van der Waals surface area contributed by atoms with Crippen LogP contribution in [0.1, 0.15) is 13.8 Å². The molecule has 0 aromatic rings. The molecule has 1 fully saturated rings. The smallest absolute Gasteiger partial charge is 0.302 e. The molecule has 1 amide bonds. The molecule has 1 rings (SSSR count). The first-order chi connectivity index (χ1) is 11.5. The van der Waals surface area contributed by atoms with Gasteiger partial charge in [0.05, 0.1) is 12.6 Å². The second-order valence-electron chi connectivity index (χ2n) is 5.70. The fourth-order valence-corrected chi connectivity index (χ4v) is 2.54. The van der Waals surface area contributed by atoms with E-state index in [0.717, 1.165) is 6.92 Å². The molecule has 25 heavy (non-hydrogen) atoms. The first-order valence-corrected chi connectivity index (χ1v) is 7.30.